The van der Waals surface area contributed by atoms with Crippen LogP contribution in [0.3, 0.4) is 0 Å². The van der Waals surface area contributed by atoms with Crippen LogP contribution in [0.2, 0.25) is 0 Å². The van der Waals surface area contributed by atoms with Gasteiger partial charge >= 0.3 is 117 Å². The van der Waals surface area contributed by atoms with E-state index in [1.807, 2.05) is 24.3 Å². The first kappa shape index (κ1) is 159. The number of hydrogen-bond donors (Lipinski definition) is 13. The average molecular weight is 1900 g/mol. The third kappa shape index (κ3) is 149. The summed E-state index contributed by atoms with van der Waals surface area (Å²) in [5, 5.41) is 93.6. The second kappa shape index (κ2) is 96.4. The van der Waals surface area contributed by atoms with Crippen molar-refractivity contribution in [3.8, 4) is 0 Å². The third-order valence-electron chi connectivity index (χ3n) is 10.4. The molecule has 0 aliphatic carbocycles. The minimum Gasteiger partial charge on any atom is -0.398 e. The number of H-pyrrole nitrogens is 1. The van der Waals surface area contributed by atoms with Gasteiger partial charge in [-0.1, -0.05) is 12.1 Å². The molecule has 1 aromatic heterocycles. The summed E-state index contributed by atoms with van der Waals surface area (Å²) in [7, 11) is 66.8. The normalized spacial score (nSPS) is 8.29. The molecule has 0 radical (unpaired) electrons. The van der Waals surface area contributed by atoms with E-state index in [0.717, 1.165) is 11.0 Å². The Morgan fingerprint density at radius 3 is 0.271 bits per heavy atom. The van der Waals surface area contributed by atoms with E-state index in [1.54, 1.807) is 338 Å². The van der Waals surface area contributed by atoms with E-state index in [1.165, 1.54) is 118 Å². The van der Waals surface area contributed by atoms with Gasteiger partial charge in [0, 0.05) is 338 Å². The summed E-state index contributed by atoms with van der Waals surface area (Å²) in [5.41, 5.74) is 1.83. The lowest BCUT2D eigenvalue weighted by atomic mass is 10.3. The standard InChI is InChI=1S/C6H5N3.12C5H12N2O.6BFH2O2/c1-2-4-6-5(3-1)7-9-8-6;12*1-6(2)5(8)7(3)4;6*2-1(3)4/h1-4H,(H,7,8,9);12*1-4H3;6*3-4H. The van der Waals surface area contributed by atoms with Gasteiger partial charge in [-0.25, -0.2) is 57.5 Å². The van der Waals surface area contributed by atoms with Crippen molar-refractivity contribution >= 4 is 128 Å². The Balaban J connectivity index is -0.0000000688. The maximum Gasteiger partial charge on any atom is 0.674 e. The Bertz CT molecular complexity index is 2340. The van der Waals surface area contributed by atoms with Crippen LogP contribution in [-0.4, -0.2) is 648 Å². The monoisotopic (exact) mass is 1900 g/mol. The maximum atomic E-state index is 10.7. The number of carbonyl (C=O) groups excluding carboxylic acids is 12. The predicted octanol–water partition coefficient (Wildman–Crippen LogP) is -2.73. The molecule has 0 spiro atoms. The molecular weight excluding hydrogens is 1730 g/mol. The van der Waals surface area contributed by atoms with Crippen LogP contribution < -0.4 is 0 Å². The zero-order valence-electron chi connectivity index (χ0n) is 85.4. The lowest BCUT2D eigenvalue weighted by Gasteiger charge is -2.16. The predicted molar refractivity (Wildman–Crippen MR) is 495 cm³/mol. The first-order valence-electron chi connectivity index (χ1n) is 36.4. The van der Waals surface area contributed by atoms with Crippen molar-refractivity contribution in [1.82, 2.24) is 133 Å². The fraction of sp³-hybridized carbons (Fsp3) is 0.727. The van der Waals surface area contributed by atoms with Gasteiger partial charge in [0.1, 0.15) is 11.0 Å². The van der Waals surface area contributed by atoms with E-state index in [4.69, 9.17) is 60.3 Å². The summed E-state index contributed by atoms with van der Waals surface area (Å²) < 4.78 is 60.7. The molecule has 0 unspecified atom stereocenters. The first-order chi connectivity index (χ1) is 57.5. The Labute approximate surface area is 764 Å². The fourth-order valence-electron chi connectivity index (χ4n) is 5.59. The van der Waals surface area contributed by atoms with Crippen LogP contribution in [0, 0.1) is 0 Å². The highest BCUT2D eigenvalue weighted by Crippen LogP contribution is 2.04. The quantitative estimate of drug-likeness (QED) is 0.0940. The van der Waals surface area contributed by atoms with Crippen LogP contribution in [0.4, 0.5) is 83.4 Å². The highest BCUT2D eigenvalue weighted by Gasteiger charge is 2.11. The molecule has 0 atom stereocenters. The van der Waals surface area contributed by atoms with Crippen molar-refractivity contribution in [2.75, 3.05) is 338 Å². The van der Waals surface area contributed by atoms with Gasteiger partial charge in [0.05, 0.1) is 0 Å². The molecule has 0 aliphatic heterocycles. The Morgan fingerprint density at radius 1 is 0.178 bits per heavy atom. The minimum atomic E-state index is -2.67. The Hall–Kier alpha value is -10.7. The van der Waals surface area contributed by atoms with Gasteiger partial charge in [0.15, 0.2) is 0 Å². The molecule has 0 fully saturated rings. The number of carbonyl (C=O) groups is 12. The van der Waals surface area contributed by atoms with Crippen molar-refractivity contribution in [3.05, 3.63) is 24.3 Å². The minimum absolute atomic E-state index is 0.0185. The number of halogens is 6. The van der Waals surface area contributed by atoms with Gasteiger partial charge in [-0.2, -0.15) is 15.4 Å². The number of nitrogens with zero attached hydrogens (tertiary/aromatic N) is 26. The largest absolute Gasteiger partial charge is 0.674 e. The molecule has 0 saturated heterocycles. The van der Waals surface area contributed by atoms with Crippen LogP contribution in [0.1, 0.15) is 0 Å². The van der Waals surface area contributed by atoms with E-state index >= 15 is 0 Å². The third-order valence-corrected chi connectivity index (χ3v) is 10.4. The molecule has 13 N–H and O–H groups in total. The number of rotatable bonds is 0. The zero-order valence-corrected chi connectivity index (χ0v) is 85.4. The second-order valence-electron chi connectivity index (χ2n) is 28.5. The SMILES string of the molecule is CN(C)C(=O)N(C)C.CN(C)C(=O)N(C)C.CN(C)C(=O)N(C)C.CN(C)C(=O)N(C)C.CN(C)C(=O)N(C)C.CN(C)C(=O)N(C)C.CN(C)C(=O)N(C)C.CN(C)C(=O)N(C)C.CN(C)C(=O)N(C)C.CN(C)C(=O)N(C)C.CN(C)C(=O)N(C)C.CN(C)C(=O)N(C)C.OB(O)F.OB(O)F.OB(O)F.OB(O)F.OB(O)F.OB(O)F.c1ccc2n[nH]nc2c1. The number of aromatic amines is 1. The highest BCUT2D eigenvalue weighted by molar-refractivity contribution is 6.32. The van der Waals surface area contributed by atoms with Crippen LogP contribution in [0.15, 0.2) is 24.3 Å². The lowest BCUT2D eigenvalue weighted by molar-refractivity contribution is 0.190. The molecule has 2 aromatic rings. The van der Waals surface area contributed by atoms with Crippen LogP contribution in [0.25, 0.3) is 11.0 Å². The van der Waals surface area contributed by atoms with Gasteiger partial charge in [-0.15, -0.1) is 0 Å². The topological polar surface area (TPSA) is 567 Å². The highest BCUT2D eigenvalue weighted by atomic mass is 19.1. The average Bonchev–Trinajstić information content (AvgIpc) is 1.74. The zero-order chi connectivity index (χ0) is 108. The summed E-state index contributed by atoms with van der Waals surface area (Å²) in [4.78, 5) is 165. The molecule has 0 saturated carbocycles. The molecule has 1 aromatic carbocycles. The Kier molecular flexibility index (Phi) is 119. The van der Waals surface area contributed by atoms with Gasteiger partial charge in [-0.3, -0.25) is 25.9 Å². The van der Waals surface area contributed by atoms with Crippen molar-refractivity contribution in [1.29, 1.82) is 0 Å². The van der Waals surface area contributed by atoms with Crippen molar-refractivity contribution in [2.24, 2.45) is 0 Å². The van der Waals surface area contributed by atoms with Crippen molar-refractivity contribution < 1.29 is 144 Å². The van der Waals surface area contributed by atoms with E-state index in [-0.39, 0.29) is 72.4 Å². The van der Waals surface area contributed by atoms with E-state index in [2.05, 4.69) is 15.4 Å². The molecule has 2 rings (SSSR count). The summed E-state index contributed by atoms with van der Waals surface area (Å²) in [6, 6.07) is 7.92. The molecule has 764 valence electrons. The van der Waals surface area contributed by atoms with Gasteiger partial charge in [-0.05, 0) is 12.1 Å². The van der Waals surface area contributed by atoms with Crippen LogP contribution >= 0.6 is 0 Å². The molecule has 129 heavy (non-hydrogen) atoms. The van der Waals surface area contributed by atoms with Gasteiger partial charge < -0.3 is 178 Å². The maximum absolute atomic E-state index is 10.7. The second-order valence-corrected chi connectivity index (χ2v) is 28.5. The molecule has 51 nitrogen and oxygen atoms in total. The smallest absolute Gasteiger partial charge is 0.398 e. The molecule has 0 bridgehead atoms. The number of benzene rings is 1. The number of urea groups is 12. The number of para-hydroxylation sites is 2. The Morgan fingerprint density at radius 2 is 0.233 bits per heavy atom. The number of amides is 24. The number of aromatic nitrogens is 3. The number of nitrogens with one attached hydrogen (secondary N) is 1. The van der Waals surface area contributed by atoms with E-state index < -0.39 is 44.4 Å². The molecule has 63 heteroatoms. The lowest BCUT2D eigenvalue weighted by Crippen LogP contribution is -2.33. The summed E-state index contributed by atoms with van der Waals surface area (Å²) >= 11 is 0. The summed E-state index contributed by atoms with van der Waals surface area (Å²) in [5.74, 6) is 0. The number of hydrogen-bond acceptors (Lipinski definition) is 26. The fourth-order valence-corrected chi connectivity index (χ4v) is 5.59. The molecule has 1 heterocycles. The van der Waals surface area contributed by atoms with Crippen molar-refractivity contribution in [3.63, 3.8) is 0 Å². The van der Waals surface area contributed by atoms with E-state index in [9.17, 15) is 83.4 Å². The number of fused-ring (bicyclic) bond motifs is 1. The van der Waals surface area contributed by atoms with Gasteiger partial charge in [0.25, 0.3) is 0 Å². The van der Waals surface area contributed by atoms with E-state index in [0.29, 0.717) is 0 Å². The molecule has 24 amide bonds. The van der Waals surface area contributed by atoms with Crippen LogP contribution in [-0.2, 0) is 0 Å². The molecular formula is C66H161B6F6N27O24. The molecule has 0 aliphatic rings. The van der Waals surface area contributed by atoms with Crippen molar-refractivity contribution in [2.45, 2.75) is 0 Å². The first-order valence-corrected chi connectivity index (χ1v) is 36.4. The van der Waals surface area contributed by atoms with Gasteiger partial charge in [0.2, 0.25) is 0 Å². The van der Waals surface area contributed by atoms with Crippen LogP contribution in [0.5, 0.6) is 0 Å². The summed E-state index contributed by atoms with van der Waals surface area (Å²) in [6.45, 7) is 0. The summed E-state index contributed by atoms with van der Waals surface area (Å²) in [6.07, 6.45) is 0.